The van der Waals surface area contributed by atoms with E-state index in [1.54, 1.807) is 18.2 Å². The van der Waals surface area contributed by atoms with Crippen LogP contribution in [0.2, 0.25) is 10.0 Å². The fraction of sp³-hybridized carbons (Fsp3) is 0.0968. The van der Waals surface area contributed by atoms with Gasteiger partial charge in [-0.15, -0.1) is 0 Å². The van der Waals surface area contributed by atoms with Crippen LogP contribution in [-0.4, -0.2) is 4.57 Å². The second kappa shape index (κ2) is 9.79. The van der Waals surface area contributed by atoms with Gasteiger partial charge in [0, 0.05) is 21.7 Å². The molecule has 5 aromatic rings. The van der Waals surface area contributed by atoms with Crippen LogP contribution >= 0.6 is 50.5 Å². The summed E-state index contributed by atoms with van der Waals surface area (Å²) in [7, 11) is 0. The van der Waals surface area contributed by atoms with Gasteiger partial charge < -0.3 is 4.42 Å². The molecule has 3 heterocycles. The zero-order chi connectivity index (χ0) is 26.7. The molecule has 0 saturated carbocycles. The highest BCUT2D eigenvalue weighted by Gasteiger charge is 2.32. The van der Waals surface area contributed by atoms with E-state index in [9.17, 15) is 4.79 Å². The summed E-state index contributed by atoms with van der Waals surface area (Å²) < 4.78 is 9.49. The number of aromatic nitrogens is 1. The Bertz CT molecular complexity index is 1990. The SMILES string of the molecule is O=c1/c(=C\c2ccc(-c3ccc(Cl)c(Cl)c3)o2)sc2n1[C@H](c1ccc(Br)cc1)C1=C(N=2)c2ccccc2CC1. The molecule has 0 radical (unpaired) electrons. The Hall–Kier alpha value is -3.16. The van der Waals surface area contributed by atoms with E-state index in [0.29, 0.717) is 30.9 Å². The van der Waals surface area contributed by atoms with Gasteiger partial charge in [0.15, 0.2) is 4.80 Å². The molecule has 1 atom stereocenters. The van der Waals surface area contributed by atoms with Crippen LogP contribution in [0.25, 0.3) is 23.1 Å². The summed E-state index contributed by atoms with van der Waals surface area (Å²) in [5, 5.41) is 0.942. The molecule has 4 nitrogen and oxygen atoms in total. The van der Waals surface area contributed by atoms with Crippen molar-refractivity contribution in [3.05, 3.63) is 141 Å². The van der Waals surface area contributed by atoms with E-state index < -0.39 is 0 Å². The topological polar surface area (TPSA) is 47.5 Å². The van der Waals surface area contributed by atoms with E-state index in [4.69, 9.17) is 32.6 Å². The molecule has 1 aliphatic carbocycles. The van der Waals surface area contributed by atoms with Crippen molar-refractivity contribution in [1.82, 2.24) is 4.57 Å². The summed E-state index contributed by atoms with van der Waals surface area (Å²) in [6.45, 7) is 0. The standard InChI is InChI=1S/C31H19BrCl2N2O2S/c32-20-9-5-18(6-10-20)29-23-12-7-17-3-1-2-4-22(17)28(23)35-31-36(29)30(37)27(39-31)16-21-11-14-26(38-21)19-8-13-24(33)25(34)15-19/h1-6,8-11,13-16,29H,7,12H2/b27-16+/t29-/m1/s1. The van der Waals surface area contributed by atoms with Crippen LogP contribution in [0.4, 0.5) is 0 Å². The van der Waals surface area contributed by atoms with E-state index in [1.165, 1.54) is 22.5 Å². The molecule has 2 aliphatic rings. The number of allylic oxidation sites excluding steroid dienone is 1. The van der Waals surface area contributed by atoms with E-state index in [-0.39, 0.29) is 11.6 Å². The molecule has 0 bridgehead atoms. The molecule has 0 saturated heterocycles. The van der Waals surface area contributed by atoms with Crippen molar-refractivity contribution in [3.63, 3.8) is 0 Å². The van der Waals surface area contributed by atoms with Crippen LogP contribution in [0, 0.1) is 0 Å². The number of nitrogens with zero attached hydrogens (tertiary/aromatic N) is 2. The van der Waals surface area contributed by atoms with Crippen LogP contribution in [-0.2, 0) is 6.42 Å². The van der Waals surface area contributed by atoms with Crippen LogP contribution < -0.4 is 14.9 Å². The molecule has 0 amide bonds. The van der Waals surface area contributed by atoms with Crippen molar-refractivity contribution < 1.29 is 4.42 Å². The number of rotatable bonds is 3. The molecular weight excluding hydrogens is 615 g/mol. The minimum Gasteiger partial charge on any atom is -0.457 e. The summed E-state index contributed by atoms with van der Waals surface area (Å²) in [5.41, 5.74) is 6.39. The van der Waals surface area contributed by atoms with Gasteiger partial charge in [-0.1, -0.05) is 86.9 Å². The molecule has 39 heavy (non-hydrogen) atoms. The molecule has 0 spiro atoms. The maximum absolute atomic E-state index is 13.9. The van der Waals surface area contributed by atoms with Gasteiger partial charge in [0.1, 0.15) is 11.5 Å². The average Bonchev–Trinajstić information content (AvgIpc) is 3.54. The molecule has 0 fully saturated rings. The quantitative estimate of drug-likeness (QED) is 0.205. The Balaban J connectivity index is 1.39. The van der Waals surface area contributed by atoms with Crippen LogP contribution in [0.5, 0.6) is 0 Å². The van der Waals surface area contributed by atoms with Crippen molar-refractivity contribution in [2.75, 3.05) is 0 Å². The van der Waals surface area contributed by atoms with Crippen molar-refractivity contribution in [2.24, 2.45) is 4.99 Å². The summed E-state index contributed by atoms with van der Waals surface area (Å²) in [4.78, 5) is 19.7. The number of fused-ring (bicyclic) bond motifs is 3. The monoisotopic (exact) mass is 632 g/mol. The van der Waals surface area contributed by atoms with Gasteiger partial charge in [0.25, 0.3) is 5.56 Å². The average molecular weight is 634 g/mol. The van der Waals surface area contributed by atoms with Crippen LogP contribution in [0.1, 0.15) is 34.9 Å². The highest BCUT2D eigenvalue weighted by molar-refractivity contribution is 9.10. The smallest absolute Gasteiger partial charge is 0.271 e. The first kappa shape index (κ1) is 24.9. The van der Waals surface area contributed by atoms with Gasteiger partial charge in [-0.2, -0.15) is 0 Å². The first-order valence-electron chi connectivity index (χ1n) is 12.4. The number of hydrogen-bond donors (Lipinski definition) is 0. The lowest BCUT2D eigenvalue weighted by atomic mass is 9.83. The zero-order valence-corrected chi connectivity index (χ0v) is 24.2. The minimum atomic E-state index is -0.219. The normalized spacial score (nSPS) is 16.5. The molecule has 1 aliphatic heterocycles. The van der Waals surface area contributed by atoms with Gasteiger partial charge in [0.2, 0.25) is 0 Å². The fourth-order valence-electron chi connectivity index (χ4n) is 5.33. The Labute approximate surface area is 246 Å². The van der Waals surface area contributed by atoms with Crippen molar-refractivity contribution in [1.29, 1.82) is 0 Å². The molecule has 0 unspecified atom stereocenters. The summed E-state index contributed by atoms with van der Waals surface area (Å²) in [5.74, 6) is 1.23. The lowest BCUT2D eigenvalue weighted by molar-refractivity contribution is 0.570. The van der Waals surface area contributed by atoms with Crippen molar-refractivity contribution >= 4 is 62.2 Å². The second-order valence-corrected chi connectivity index (χ2v) is 12.2. The van der Waals surface area contributed by atoms with Crippen LogP contribution in [0.3, 0.4) is 0 Å². The molecule has 8 heteroatoms. The van der Waals surface area contributed by atoms with E-state index in [0.717, 1.165) is 39.7 Å². The first-order chi connectivity index (χ1) is 19.0. The molecule has 192 valence electrons. The van der Waals surface area contributed by atoms with E-state index >= 15 is 0 Å². The lowest BCUT2D eigenvalue weighted by Crippen LogP contribution is -2.38. The highest BCUT2D eigenvalue weighted by atomic mass is 79.9. The summed E-state index contributed by atoms with van der Waals surface area (Å²) in [6.07, 6.45) is 3.57. The Morgan fingerprint density at radius 3 is 2.62 bits per heavy atom. The third-order valence-corrected chi connectivity index (χ3v) is 9.41. The Kier molecular flexibility index (Phi) is 6.24. The third-order valence-electron chi connectivity index (χ3n) is 7.16. The van der Waals surface area contributed by atoms with Crippen molar-refractivity contribution in [3.8, 4) is 11.3 Å². The third kappa shape index (κ3) is 4.36. The number of thiazole rings is 1. The van der Waals surface area contributed by atoms with Gasteiger partial charge in [-0.05, 0) is 72.0 Å². The Morgan fingerprint density at radius 1 is 0.974 bits per heavy atom. The van der Waals surface area contributed by atoms with E-state index in [1.807, 2.05) is 34.9 Å². The maximum atomic E-state index is 13.9. The molecule has 7 rings (SSSR count). The van der Waals surface area contributed by atoms with Crippen LogP contribution in [0.15, 0.2) is 103 Å². The van der Waals surface area contributed by atoms with Gasteiger partial charge in [-0.25, -0.2) is 4.99 Å². The van der Waals surface area contributed by atoms with Gasteiger partial charge in [0.05, 0.1) is 26.3 Å². The second-order valence-electron chi connectivity index (χ2n) is 9.50. The number of aryl methyl sites for hydroxylation is 1. The number of benzene rings is 3. The number of halogens is 3. The largest absolute Gasteiger partial charge is 0.457 e. The first-order valence-corrected chi connectivity index (χ1v) is 14.8. The van der Waals surface area contributed by atoms with Gasteiger partial charge >= 0.3 is 0 Å². The predicted molar refractivity (Wildman–Crippen MR) is 161 cm³/mol. The summed E-state index contributed by atoms with van der Waals surface area (Å²) >= 11 is 17.2. The van der Waals surface area contributed by atoms with Gasteiger partial charge in [-0.3, -0.25) is 9.36 Å². The molecule has 2 aromatic heterocycles. The fourth-order valence-corrected chi connectivity index (χ4v) is 6.88. The number of hydrogen-bond acceptors (Lipinski definition) is 4. The molecule has 3 aromatic carbocycles. The molecule has 0 N–H and O–H groups in total. The molecular formula is C31H19BrCl2N2O2S. The minimum absolute atomic E-state index is 0.0791. The number of furan rings is 1. The Morgan fingerprint density at radius 2 is 1.79 bits per heavy atom. The lowest BCUT2D eigenvalue weighted by Gasteiger charge is -2.30. The van der Waals surface area contributed by atoms with E-state index in [2.05, 4.69) is 52.3 Å². The zero-order valence-electron chi connectivity index (χ0n) is 20.3. The maximum Gasteiger partial charge on any atom is 0.271 e. The predicted octanol–water partition coefficient (Wildman–Crippen LogP) is 7.65. The van der Waals surface area contributed by atoms with Crippen molar-refractivity contribution in [2.45, 2.75) is 18.9 Å². The summed E-state index contributed by atoms with van der Waals surface area (Å²) in [6, 6.07) is 25.5. The highest BCUT2D eigenvalue weighted by Crippen LogP contribution is 2.41.